The van der Waals surface area contributed by atoms with Crippen LogP contribution in [0.2, 0.25) is 0 Å². The smallest absolute Gasteiger partial charge is 0.304 e. The zero-order valence-electron chi connectivity index (χ0n) is 9.77. The number of para-hydroxylation sites is 1. The number of phenolic OH excluding ortho intramolecular Hbond substituents is 1. The van der Waals surface area contributed by atoms with Crippen molar-refractivity contribution < 1.29 is 19.7 Å². The maximum atomic E-state index is 10.8. The summed E-state index contributed by atoms with van der Waals surface area (Å²) in [6, 6.07) is 5.44. The van der Waals surface area contributed by atoms with Crippen LogP contribution < -0.4 is 0 Å². The van der Waals surface area contributed by atoms with Crippen molar-refractivity contribution in [2.24, 2.45) is 0 Å². The molecule has 0 radical (unpaired) electrons. The number of hydrogen-bond acceptors (Lipinski definition) is 3. The Balaban J connectivity index is 2.32. The highest BCUT2D eigenvalue weighted by atomic mass is 16.5. The summed E-state index contributed by atoms with van der Waals surface area (Å²) in [6.45, 7) is 0.336. The van der Waals surface area contributed by atoms with Gasteiger partial charge in [-0.25, -0.2) is 0 Å². The van der Waals surface area contributed by atoms with Gasteiger partial charge >= 0.3 is 5.97 Å². The average molecular weight is 236 g/mol. The Morgan fingerprint density at radius 1 is 1.47 bits per heavy atom. The van der Waals surface area contributed by atoms with Crippen molar-refractivity contribution in [1.29, 1.82) is 0 Å². The highest BCUT2D eigenvalue weighted by molar-refractivity contribution is 5.70. The van der Waals surface area contributed by atoms with Crippen LogP contribution in [-0.2, 0) is 21.6 Å². The maximum absolute atomic E-state index is 10.8. The molecule has 0 atom stereocenters. The number of carboxylic acids is 1. The van der Waals surface area contributed by atoms with Crippen LogP contribution in [0.15, 0.2) is 18.2 Å². The quantitative estimate of drug-likeness (QED) is 0.821. The summed E-state index contributed by atoms with van der Waals surface area (Å²) in [7, 11) is 1.57. The molecule has 4 heteroatoms. The third kappa shape index (κ3) is 2.26. The second kappa shape index (κ2) is 4.37. The Morgan fingerprint density at radius 2 is 2.18 bits per heavy atom. The molecule has 1 aromatic rings. The minimum atomic E-state index is -0.820. The van der Waals surface area contributed by atoms with E-state index in [1.165, 1.54) is 0 Å². The van der Waals surface area contributed by atoms with Crippen molar-refractivity contribution in [3.05, 3.63) is 29.3 Å². The Hall–Kier alpha value is -1.55. The van der Waals surface area contributed by atoms with Crippen LogP contribution in [0.4, 0.5) is 0 Å². The number of methoxy groups -OCH3 is 1. The van der Waals surface area contributed by atoms with Crippen molar-refractivity contribution in [3.63, 3.8) is 0 Å². The molecular formula is C13H16O4. The molecule has 2 rings (SSSR count). The normalized spacial score (nSPS) is 16.8. The molecule has 17 heavy (non-hydrogen) atoms. The van der Waals surface area contributed by atoms with Gasteiger partial charge in [0.2, 0.25) is 0 Å². The van der Waals surface area contributed by atoms with E-state index in [1.54, 1.807) is 13.2 Å². The Labute approximate surface area is 99.8 Å². The second-order valence-electron chi connectivity index (χ2n) is 4.60. The number of hydrogen-bond donors (Lipinski definition) is 2. The van der Waals surface area contributed by atoms with Gasteiger partial charge in [0.25, 0.3) is 0 Å². The van der Waals surface area contributed by atoms with E-state index in [1.807, 2.05) is 12.1 Å². The first-order chi connectivity index (χ1) is 8.09. The van der Waals surface area contributed by atoms with Crippen molar-refractivity contribution in [3.8, 4) is 5.75 Å². The van der Waals surface area contributed by atoms with Crippen LogP contribution in [0, 0.1) is 0 Å². The molecule has 1 saturated carbocycles. The van der Waals surface area contributed by atoms with E-state index in [2.05, 4.69) is 0 Å². The van der Waals surface area contributed by atoms with Gasteiger partial charge < -0.3 is 14.9 Å². The molecule has 1 aromatic carbocycles. The van der Waals surface area contributed by atoms with Crippen molar-refractivity contribution in [2.45, 2.75) is 31.3 Å². The average Bonchev–Trinajstić information content (AvgIpc) is 3.01. The fraction of sp³-hybridized carbons (Fsp3) is 0.462. The lowest BCUT2D eigenvalue weighted by atomic mass is 9.90. The summed E-state index contributed by atoms with van der Waals surface area (Å²) >= 11 is 0. The van der Waals surface area contributed by atoms with E-state index in [9.17, 15) is 9.90 Å². The van der Waals surface area contributed by atoms with Crippen LogP contribution in [0.1, 0.15) is 30.4 Å². The predicted molar refractivity (Wildman–Crippen MR) is 62.0 cm³/mol. The minimum absolute atomic E-state index is 0.0804. The number of rotatable bonds is 5. The van der Waals surface area contributed by atoms with Crippen LogP contribution in [0.5, 0.6) is 5.75 Å². The number of benzene rings is 1. The number of aromatic hydroxyl groups is 1. The van der Waals surface area contributed by atoms with Gasteiger partial charge in [-0.15, -0.1) is 0 Å². The van der Waals surface area contributed by atoms with Gasteiger partial charge in [0.15, 0.2) is 0 Å². The number of carbonyl (C=O) groups is 1. The molecule has 0 aliphatic heterocycles. The van der Waals surface area contributed by atoms with Gasteiger partial charge in [-0.3, -0.25) is 4.79 Å². The number of carboxylic acid groups (broad SMARTS) is 1. The highest BCUT2D eigenvalue weighted by Crippen LogP contribution is 2.54. The van der Waals surface area contributed by atoms with E-state index in [0.717, 1.165) is 18.4 Å². The zero-order chi connectivity index (χ0) is 12.5. The van der Waals surface area contributed by atoms with E-state index in [0.29, 0.717) is 12.2 Å². The van der Waals surface area contributed by atoms with E-state index >= 15 is 0 Å². The predicted octanol–water partition coefficient (Wildman–Crippen LogP) is 2.04. The van der Waals surface area contributed by atoms with Gasteiger partial charge in [0, 0.05) is 23.7 Å². The summed E-state index contributed by atoms with van der Waals surface area (Å²) in [5.41, 5.74) is 1.09. The molecule has 0 amide bonds. The third-order valence-electron chi connectivity index (χ3n) is 3.33. The van der Waals surface area contributed by atoms with Gasteiger partial charge in [0.1, 0.15) is 5.75 Å². The molecule has 1 fully saturated rings. The molecule has 2 N–H and O–H groups in total. The van der Waals surface area contributed by atoms with Gasteiger partial charge in [-0.1, -0.05) is 18.2 Å². The Bertz CT molecular complexity index is 435. The second-order valence-corrected chi connectivity index (χ2v) is 4.60. The Kier molecular flexibility index (Phi) is 3.07. The lowest BCUT2D eigenvalue weighted by molar-refractivity contribution is -0.137. The standard InChI is InChI=1S/C13H16O4/c1-17-8-9-3-2-4-10(12(9)16)13(5-6-13)7-11(14)15/h2-4,16H,5-8H2,1H3,(H,14,15). The lowest BCUT2D eigenvalue weighted by Crippen LogP contribution is -2.13. The molecule has 0 unspecified atom stereocenters. The molecule has 92 valence electrons. The summed E-state index contributed by atoms with van der Waals surface area (Å²) in [5, 5.41) is 19.0. The molecule has 0 spiro atoms. The SMILES string of the molecule is COCc1cccc(C2(CC(=O)O)CC2)c1O. The van der Waals surface area contributed by atoms with Crippen LogP contribution in [0.25, 0.3) is 0 Å². The van der Waals surface area contributed by atoms with Crippen LogP contribution in [-0.4, -0.2) is 23.3 Å². The topological polar surface area (TPSA) is 66.8 Å². The number of ether oxygens (including phenoxy) is 1. The fourth-order valence-electron chi connectivity index (χ4n) is 2.27. The van der Waals surface area contributed by atoms with E-state index in [4.69, 9.17) is 9.84 Å². The fourth-order valence-corrected chi connectivity index (χ4v) is 2.27. The number of phenols is 1. The first kappa shape index (κ1) is 11.9. The van der Waals surface area contributed by atoms with Crippen LogP contribution >= 0.6 is 0 Å². The number of aliphatic carboxylic acids is 1. The molecule has 0 heterocycles. The largest absolute Gasteiger partial charge is 0.507 e. The highest BCUT2D eigenvalue weighted by Gasteiger charge is 2.47. The molecule has 1 aliphatic rings. The first-order valence-electron chi connectivity index (χ1n) is 5.61. The van der Waals surface area contributed by atoms with Gasteiger partial charge in [-0.05, 0) is 12.8 Å². The summed E-state index contributed by atoms with van der Waals surface area (Å²) < 4.78 is 5.00. The van der Waals surface area contributed by atoms with Crippen LogP contribution in [0.3, 0.4) is 0 Å². The molecule has 4 nitrogen and oxygen atoms in total. The Morgan fingerprint density at radius 3 is 2.71 bits per heavy atom. The lowest BCUT2D eigenvalue weighted by Gasteiger charge is -2.16. The minimum Gasteiger partial charge on any atom is -0.507 e. The van der Waals surface area contributed by atoms with Gasteiger partial charge in [-0.2, -0.15) is 0 Å². The zero-order valence-corrected chi connectivity index (χ0v) is 9.77. The third-order valence-corrected chi connectivity index (χ3v) is 3.33. The molecule has 0 bridgehead atoms. The monoisotopic (exact) mass is 236 g/mol. The maximum Gasteiger partial charge on any atom is 0.304 e. The van der Waals surface area contributed by atoms with E-state index in [-0.39, 0.29) is 17.6 Å². The first-order valence-corrected chi connectivity index (χ1v) is 5.61. The summed E-state index contributed by atoms with van der Waals surface area (Å²) in [4.78, 5) is 10.8. The van der Waals surface area contributed by atoms with Crippen molar-refractivity contribution in [1.82, 2.24) is 0 Å². The molecule has 0 aromatic heterocycles. The van der Waals surface area contributed by atoms with Crippen molar-refractivity contribution >= 4 is 5.97 Å². The molecule has 0 saturated heterocycles. The molecule has 1 aliphatic carbocycles. The van der Waals surface area contributed by atoms with Crippen molar-refractivity contribution in [2.75, 3.05) is 7.11 Å². The van der Waals surface area contributed by atoms with E-state index < -0.39 is 5.97 Å². The summed E-state index contributed by atoms with van der Waals surface area (Å²) in [6.07, 6.45) is 1.73. The van der Waals surface area contributed by atoms with Gasteiger partial charge in [0.05, 0.1) is 13.0 Å². The summed E-state index contributed by atoms with van der Waals surface area (Å²) in [5.74, 6) is -0.632. The molecular weight excluding hydrogens is 220 g/mol.